The smallest absolute Gasteiger partial charge is 0.0111 e. The van der Waals surface area contributed by atoms with Crippen LogP contribution in [0.4, 0.5) is 0 Å². The highest BCUT2D eigenvalue weighted by Crippen LogP contribution is 2.28. The van der Waals surface area contributed by atoms with Crippen LogP contribution < -0.4 is 5.32 Å². The predicted octanol–water partition coefficient (Wildman–Crippen LogP) is 2.25. The fraction of sp³-hybridized carbons (Fsp3) is 1.00. The van der Waals surface area contributed by atoms with Gasteiger partial charge in [-0.2, -0.15) is 0 Å². The molecule has 0 aromatic heterocycles. The Morgan fingerprint density at radius 1 is 1.27 bits per heavy atom. The molecular formula is C13H26N2. The number of hydrogen-bond acceptors (Lipinski definition) is 2. The first-order chi connectivity index (χ1) is 7.33. The lowest BCUT2D eigenvalue weighted by Gasteiger charge is -2.36. The molecule has 2 aliphatic rings. The molecule has 1 aliphatic carbocycles. The third-order valence-electron chi connectivity index (χ3n) is 4.46. The second-order valence-electron chi connectivity index (χ2n) is 5.36. The molecule has 1 aliphatic heterocycles. The van der Waals surface area contributed by atoms with E-state index in [0.717, 1.165) is 18.0 Å². The summed E-state index contributed by atoms with van der Waals surface area (Å²) in [7, 11) is 2.11. The molecule has 0 aromatic carbocycles. The topological polar surface area (TPSA) is 15.3 Å². The molecule has 0 aromatic rings. The summed E-state index contributed by atoms with van der Waals surface area (Å²) in [5.74, 6) is 0.979. The van der Waals surface area contributed by atoms with Gasteiger partial charge in [-0.05, 0) is 51.6 Å². The molecule has 0 bridgehead atoms. The summed E-state index contributed by atoms with van der Waals surface area (Å²) in [5, 5.41) is 3.43. The molecule has 0 spiro atoms. The lowest BCUT2D eigenvalue weighted by Crippen LogP contribution is -2.42. The minimum absolute atomic E-state index is 0.789. The van der Waals surface area contributed by atoms with Crippen molar-refractivity contribution in [2.75, 3.05) is 20.1 Å². The van der Waals surface area contributed by atoms with Crippen molar-refractivity contribution in [3.05, 3.63) is 0 Å². The van der Waals surface area contributed by atoms with Crippen LogP contribution in [0, 0.1) is 5.92 Å². The first kappa shape index (κ1) is 11.4. The van der Waals surface area contributed by atoms with Gasteiger partial charge in [-0.15, -0.1) is 0 Å². The molecule has 0 amide bonds. The van der Waals surface area contributed by atoms with Gasteiger partial charge in [0.15, 0.2) is 0 Å². The maximum Gasteiger partial charge on any atom is 0.0111 e. The van der Waals surface area contributed by atoms with E-state index < -0.39 is 0 Å². The van der Waals surface area contributed by atoms with Crippen molar-refractivity contribution in [3.8, 4) is 0 Å². The Balaban J connectivity index is 1.83. The van der Waals surface area contributed by atoms with E-state index in [2.05, 4.69) is 24.2 Å². The normalized spacial score (nSPS) is 38.4. The average molecular weight is 210 g/mol. The number of hydrogen-bond donors (Lipinski definition) is 1. The number of nitrogens with zero attached hydrogens (tertiary/aromatic N) is 1. The predicted molar refractivity (Wildman–Crippen MR) is 65.1 cm³/mol. The van der Waals surface area contributed by atoms with Gasteiger partial charge in [0.05, 0.1) is 0 Å². The molecule has 2 fully saturated rings. The molecule has 2 rings (SSSR count). The highest BCUT2D eigenvalue weighted by atomic mass is 15.2. The molecule has 2 nitrogen and oxygen atoms in total. The first-order valence-electron chi connectivity index (χ1n) is 6.74. The summed E-state index contributed by atoms with van der Waals surface area (Å²) >= 11 is 0. The van der Waals surface area contributed by atoms with Crippen LogP contribution in [0.5, 0.6) is 0 Å². The highest BCUT2D eigenvalue weighted by molar-refractivity contribution is 4.88. The van der Waals surface area contributed by atoms with Crippen molar-refractivity contribution in [2.45, 2.75) is 57.5 Å². The van der Waals surface area contributed by atoms with Crippen molar-refractivity contribution in [1.29, 1.82) is 0 Å². The summed E-state index contributed by atoms with van der Waals surface area (Å²) in [6.07, 6.45) is 8.45. The molecule has 3 unspecified atom stereocenters. The van der Waals surface area contributed by atoms with Crippen molar-refractivity contribution in [2.24, 2.45) is 5.92 Å². The number of likely N-dealkylation sites (tertiary alicyclic amines) is 1. The van der Waals surface area contributed by atoms with Crippen LogP contribution in [0.2, 0.25) is 0 Å². The minimum atomic E-state index is 0.789. The minimum Gasteiger partial charge on any atom is -0.317 e. The fourth-order valence-electron chi connectivity index (χ4n) is 3.31. The van der Waals surface area contributed by atoms with E-state index in [4.69, 9.17) is 0 Å². The maximum absolute atomic E-state index is 3.43. The van der Waals surface area contributed by atoms with Gasteiger partial charge in [-0.1, -0.05) is 13.3 Å². The van der Waals surface area contributed by atoms with Crippen molar-refractivity contribution >= 4 is 0 Å². The average Bonchev–Trinajstić information content (AvgIpc) is 2.78. The zero-order chi connectivity index (χ0) is 10.7. The number of rotatable bonds is 3. The number of piperidine rings is 1. The Bertz CT molecular complexity index is 193. The number of nitrogens with one attached hydrogen (secondary N) is 1. The third-order valence-corrected chi connectivity index (χ3v) is 4.46. The van der Waals surface area contributed by atoms with E-state index in [9.17, 15) is 0 Å². The fourth-order valence-corrected chi connectivity index (χ4v) is 3.31. The molecule has 88 valence electrons. The molecule has 1 saturated heterocycles. The first-order valence-corrected chi connectivity index (χ1v) is 6.74. The molecular weight excluding hydrogens is 184 g/mol. The summed E-state index contributed by atoms with van der Waals surface area (Å²) in [5.41, 5.74) is 0. The molecule has 2 heteroatoms. The zero-order valence-electron chi connectivity index (χ0n) is 10.3. The zero-order valence-corrected chi connectivity index (χ0v) is 10.3. The Morgan fingerprint density at radius 3 is 2.80 bits per heavy atom. The second-order valence-corrected chi connectivity index (χ2v) is 5.36. The van der Waals surface area contributed by atoms with E-state index in [1.807, 2.05) is 0 Å². The van der Waals surface area contributed by atoms with Crippen LogP contribution in [0.3, 0.4) is 0 Å². The second kappa shape index (κ2) is 5.31. The van der Waals surface area contributed by atoms with Crippen LogP contribution in [-0.4, -0.2) is 37.1 Å². The van der Waals surface area contributed by atoms with E-state index >= 15 is 0 Å². The van der Waals surface area contributed by atoms with Gasteiger partial charge in [0.25, 0.3) is 0 Å². The van der Waals surface area contributed by atoms with E-state index in [-0.39, 0.29) is 0 Å². The monoisotopic (exact) mass is 210 g/mol. The van der Waals surface area contributed by atoms with Crippen molar-refractivity contribution in [1.82, 2.24) is 10.2 Å². The van der Waals surface area contributed by atoms with Gasteiger partial charge in [-0.25, -0.2) is 0 Å². The van der Waals surface area contributed by atoms with Gasteiger partial charge in [-0.3, -0.25) is 0 Å². The van der Waals surface area contributed by atoms with Crippen LogP contribution in [0.25, 0.3) is 0 Å². The van der Waals surface area contributed by atoms with Gasteiger partial charge in [0, 0.05) is 18.6 Å². The Labute approximate surface area is 94.4 Å². The third kappa shape index (κ3) is 2.73. The maximum atomic E-state index is 3.43. The van der Waals surface area contributed by atoms with E-state index in [1.54, 1.807) is 0 Å². The SMILES string of the molecule is CCC1CCCN(C2CCC(NC)C2)C1. The summed E-state index contributed by atoms with van der Waals surface area (Å²) in [6.45, 7) is 5.08. The summed E-state index contributed by atoms with van der Waals surface area (Å²) < 4.78 is 0. The van der Waals surface area contributed by atoms with E-state index in [0.29, 0.717) is 0 Å². The molecule has 1 heterocycles. The lowest BCUT2D eigenvalue weighted by atomic mass is 9.94. The molecule has 3 atom stereocenters. The molecule has 0 radical (unpaired) electrons. The standard InChI is InChI=1S/C13H26N2/c1-3-11-5-4-8-15(10-11)13-7-6-12(9-13)14-2/h11-14H,3-10H2,1-2H3. The lowest BCUT2D eigenvalue weighted by molar-refractivity contribution is 0.122. The molecule has 1 saturated carbocycles. The van der Waals surface area contributed by atoms with Crippen molar-refractivity contribution in [3.63, 3.8) is 0 Å². The Morgan fingerprint density at radius 2 is 2.13 bits per heavy atom. The van der Waals surface area contributed by atoms with Gasteiger partial charge >= 0.3 is 0 Å². The summed E-state index contributed by atoms with van der Waals surface area (Å²) in [6, 6.07) is 1.67. The summed E-state index contributed by atoms with van der Waals surface area (Å²) in [4.78, 5) is 2.77. The highest BCUT2D eigenvalue weighted by Gasteiger charge is 2.30. The van der Waals surface area contributed by atoms with Gasteiger partial charge in [0.2, 0.25) is 0 Å². The van der Waals surface area contributed by atoms with Gasteiger partial charge in [0.1, 0.15) is 0 Å². The van der Waals surface area contributed by atoms with Crippen LogP contribution >= 0.6 is 0 Å². The largest absolute Gasteiger partial charge is 0.317 e. The van der Waals surface area contributed by atoms with Crippen LogP contribution in [0.1, 0.15) is 45.4 Å². The van der Waals surface area contributed by atoms with Crippen molar-refractivity contribution < 1.29 is 0 Å². The Hall–Kier alpha value is -0.0800. The molecule has 1 N–H and O–H groups in total. The van der Waals surface area contributed by atoms with Crippen LogP contribution in [-0.2, 0) is 0 Å². The van der Waals surface area contributed by atoms with Crippen LogP contribution in [0.15, 0.2) is 0 Å². The molecule has 15 heavy (non-hydrogen) atoms. The quantitative estimate of drug-likeness (QED) is 0.768. The Kier molecular flexibility index (Phi) is 4.04. The van der Waals surface area contributed by atoms with E-state index in [1.165, 1.54) is 51.6 Å². The van der Waals surface area contributed by atoms with Gasteiger partial charge < -0.3 is 10.2 Å².